The molecule has 0 heterocycles. The van der Waals surface area contributed by atoms with Crippen LogP contribution in [0.1, 0.15) is 5.56 Å². The number of quaternary nitrogens is 1. The number of hydrogen-bond donors (Lipinski definition) is 3. The molecule has 0 aliphatic carbocycles. The Bertz CT molecular complexity index is 790. The first-order chi connectivity index (χ1) is 11.3. The highest BCUT2D eigenvalue weighted by molar-refractivity contribution is 7.89. The van der Waals surface area contributed by atoms with E-state index in [0.29, 0.717) is 12.2 Å². The molecule has 24 heavy (non-hydrogen) atoms. The predicted molar refractivity (Wildman–Crippen MR) is 88.2 cm³/mol. The van der Waals surface area contributed by atoms with Gasteiger partial charge in [-0.15, -0.1) is 0 Å². The van der Waals surface area contributed by atoms with Crippen LogP contribution < -0.4 is 15.8 Å². The molecule has 0 radical (unpaired) electrons. The molecule has 0 saturated carbocycles. The highest BCUT2D eigenvalue weighted by Gasteiger charge is 2.08. The Morgan fingerprint density at radius 1 is 1.08 bits per heavy atom. The van der Waals surface area contributed by atoms with E-state index in [0.717, 1.165) is 12.0 Å². The van der Waals surface area contributed by atoms with Gasteiger partial charge >= 0.3 is 0 Å². The number of primary sulfonamides is 1. The smallest absolute Gasteiger partial charge is 0.279 e. The first-order valence-electron chi connectivity index (χ1n) is 7.33. The van der Waals surface area contributed by atoms with Crippen LogP contribution in [0.15, 0.2) is 53.4 Å². The lowest BCUT2D eigenvalue weighted by Crippen LogP contribution is -2.86. The molecule has 0 aliphatic heterocycles. The molecule has 128 valence electrons. The van der Waals surface area contributed by atoms with E-state index in [1.165, 1.54) is 36.4 Å². The van der Waals surface area contributed by atoms with Gasteiger partial charge in [-0.1, -0.05) is 12.1 Å². The monoisotopic (exact) mass is 352 g/mol. The van der Waals surface area contributed by atoms with E-state index in [1.807, 2.05) is 5.32 Å². The summed E-state index contributed by atoms with van der Waals surface area (Å²) in [4.78, 5) is 11.8. The summed E-state index contributed by atoms with van der Waals surface area (Å²) < 4.78 is 35.1. The molecule has 0 fully saturated rings. The summed E-state index contributed by atoms with van der Waals surface area (Å²) in [6, 6.07) is 11.9. The molecule has 0 atom stereocenters. The average molecular weight is 352 g/mol. The van der Waals surface area contributed by atoms with Crippen molar-refractivity contribution in [2.45, 2.75) is 11.3 Å². The molecule has 0 bridgehead atoms. The minimum atomic E-state index is -3.74. The number of carbonyl (C=O) groups is 1. The zero-order chi connectivity index (χ0) is 17.6. The van der Waals surface area contributed by atoms with Crippen LogP contribution in [-0.2, 0) is 21.2 Å². The van der Waals surface area contributed by atoms with Gasteiger partial charge in [0.05, 0.1) is 11.4 Å². The van der Waals surface area contributed by atoms with E-state index in [-0.39, 0.29) is 23.2 Å². The molecule has 2 rings (SSSR count). The Labute approximate surface area is 139 Å². The summed E-state index contributed by atoms with van der Waals surface area (Å²) in [6.45, 7) is 0.932. The molecule has 2 aromatic rings. The number of carbonyl (C=O) groups excluding carboxylic acids is 1. The van der Waals surface area contributed by atoms with E-state index in [9.17, 15) is 17.6 Å². The number of nitrogens with two attached hydrogens (primary N) is 2. The van der Waals surface area contributed by atoms with Crippen LogP contribution in [-0.4, -0.2) is 27.4 Å². The first kappa shape index (κ1) is 18.1. The number of benzene rings is 2. The van der Waals surface area contributed by atoms with Crippen LogP contribution in [0.2, 0.25) is 0 Å². The second-order valence-electron chi connectivity index (χ2n) is 5.28. The van der Waals surface area contributed by atoms with Gasteiger partial charge < -0.3 is 10.6 Å². The Balaban J connectivity index is 1.74. The van der Waals surface area contributed by atoms with Crippen LogP contribution in [0.25, 0.3) is 0 Å². The zero-order valence-electron chi connectivity index (χ0n) is 12.9. The molecular weight excluding hydrogens is 333 g/mol. The van der Waals surface area contributed by atoms with Gasteiger partial charge in [0.1, 0.15) is 5.82 Å². The Morgan fingerprint density at radius 2 is 1.71 bits per heavy atom. The standard InChI is InChI=1S/C16H18FN3O3S/c17-13-3-1-12(2-4-13)9-10-19-11-16(21)20-14-5-7-15(8-6-14)24(18,22)23/h1-8,19H,9-11H2,(H,20,21)(H2,18,22,23)/p+1. The number of nitrogens with one attached hydrogen (secondary N) is 1. The minimum absolute atomic E-state index is 0.00800. The maximum absolute atomic E-state index is 12.8. The van der Waals surface area contributed by atoms with Crippen molar-refractivity contribution < 1.29 is 22.9 Å². The number of halogens is 1. The number of hydrogen-bond acceptors (Lipinski definition) is 3. The quantitative estimate of drug-likeness (QED) is 0.621. The summed E-state index contributed by atoms with van der Waals surface area (Å²) >= 11 is 0. The molecule has 0 unspecified atom stereocenters. The van der Waals surface area contributed by atoms with Gasteiger partial charge in [0, 0.05) is 12.1 Å². The van der Waals surface area contributed by atoms with E-state index in [2.05, 4.69) is 5.32 Å². The summed E-state index contributed by atoms with van der Waals surface area (Å²) in [7, 11) is -3.74. The van der Waals surface area contributed by atoms with Crippen LogP contribution in [0.4, 0.5) is 10.1 Å². The highest BCUT2D eigenvalue weighted by atomic mass is 32.2. The Morgan fingerprint density at radius 3 is 2.29 bits per heavy atom. The molecule has 2 aromatic carbocycles. The molecule has 0 aromatic heterocycles. The third-order valence-electron chi connectivity index (χ3n) is 3.35. The fourth-order valence-electron chi connectivity index (χ4n) is 2.09. The molecule has 6 nitrogen and oxygen atoms in total. The fraction of sp³-hybridized carbons (Fsp3) is 0.188. The van der Waals surface area contributed by atoms with Crippen LogP contribution in [0.3, 0.4) is 0 Å². The van der Waals surface area contributed by atoms with E-state index in [1.54, 1.807) is 12.1 Å². The average Bonchev–Trinajstić information content (AvgIpc) is 2.53. The lowest BCUT2D eigenvalue weighted by atomic mass is 10.1. The van der Waals surface area contributed by atoms with Gasteiger partial charge in [0.2, 0.25) is 10.0 Å². The molecule has 5 N–H and O–H groups in total. The number of amides is 1. The maximum Gasteiger partial charge on any atom is 0.279 e. The van der Waals surface area contributed by atoms with Crippen molar-refractivity contribution in [2.75, 3.05) is 18.4 Å². The van der Waals surface area contributed by atoms with Crippen molar-refractivity contribution in [3.8, 4) is 0 Å². The molecule has 1 amide bonds. The van der Waals surface area contributed by atoms with Crippen LogP contribution in [0, 0.1) is 5.82 Å². The van der Waals surface area contributed by atoms with Gasteiger partial charge in [-0.25, -0.2) is 17.9 Å². The topological polar surface area (TPSA) is 106 Å². The van der Waals surface area contributed by atoms with Gasteiger partial charge in [-0.05, 0) is 42.0 Å². The Hall–Kier alpha value is -2.29. The highest BCUT2D eigenvalue weighted by Crippen LogP contribution is 2.12. The molecule has 0 aliphatic rings. The third kappa shape index (κ3) is 5.73. The molecule has 0 saturated heterocycles. The van der Waals surface area contributed by atoms with Crippen LogP contribution in [0.5, 0.6) is 0 Å². The normalized spacial score (nSPS) is 11.2. The van der Waals surface area contributed by atoms with Crippen molar-refractivity contribution in [2.24, 2.45) is 5.14 Å². The van der Waals surface area contributed by atoms with E-state index >= 15 is 0 Å². The lowest BCUT2D eigenvalue weighted by Gasteiger charge is -2.06. The maximum atomic E-state index is 12.8. The zero-order valence-corrected chi connectivity index (χ0v) is 13.7. The van der Waals surface area contributed by atoms with Gasteiger partial charge in [-0.3, -0.25) is 4.79 Å². The lowest BCUT2D eigenvalue weighted by molar-refractivity contribution is -0.643. The van der Waals surface area contributed by atoms with Crippen molar-refractivity contribution >= 4 is 21.6 Å². The van der Waals surface area contributed by atoms with Crippen molar-refractivity contribution in [1.29, 1.82) is 0 Å². The summed E-state index contributed by atoms with van der Waals surface area (Å²) in [5.41, 5.74) is 1.51. The van der Waals surface area contributed by atoms with Gasteiger partial charge in [0.25, 0.3) is 5.91 Å². The second kappa shape index (κ2) is 8.00. The van der Waals surface area contributed by atoms with E-state index < -0.39 is 10.0 Å². The Kier molecular flexibility index (Phi) is 6.02. The summed E-state index contributed by atoms with van der Waals surface area (Å²) in [5.74, 6) is -0.465. The number of sulfonamides is 1. The predicted octanol–water partition coefficient (Wildman–Crippen LogP) is 0.218. The van der Waals surface area contributed by atoms with Gasteiger partial charge in [-0.2, -0.15) is 0 Å². The SMILES string of the molecule is NS(=O)(=O)c1ccc(NC(=O)C[NH2+]CCc2ccc(F)cc2)cc1. The molecule has 8 heteroatoms. The van der Waals surface area contributed by atoms with Crippen molar-refractivity contribution in [1.82, 2.24) is 0 Å². The van der Waals surface area contributed by atoms with Gasteiger partial charge in [0.15, 0.2) is 6.54 Å². The van der Waals surface area contributed by atoms with Crippen molar-refractivity contribution in [3.05, 3.63) is 59.9 Å². The second-order valence-corrected chi connectivity index (χ2v) is 6.84. The largest absolute Gasteiger partial charge is 0.338 e. The molecular formula is C16H19FN3O3S+. The minimum Gasteiger partial charge on any atom is -0.338 e. The van der Waals surface area contributed by atoms with Crippen LogP contribution >= 0.6 is 0 Å². The summed E-state index contributed by atoms with van der Waals surface area (Å²) in [5, 5.41) is 9.52. The van der Waals surface area contributed by atoms with Crippen molar-refractivity contribution in [3.63, 3.8) is 0 Å². The third-order valence-corrected chi connectivity index (χ3v) is 4.28. The van der Waals surface area contributed by atoms with E-state index in [4.69, 9.17) is 5.14 Å². The molecule has 0 spiro atoms. The fourth-order valence-corrected chi connectivity index (χ4v) is 2.61. The number of anilines is 1. The summed E-state index contributed by atoms with van der Waals surface area (Å²) in [6.07, 6.45) is 0.733. The first-order valence-corrected chi connectivity index (χ1v) is 8.88. The number of rotatable bonds is 7.